The third-order valence-corrected chi connectivity index (χ3v) is 2.00. The highest BCUT2D eigenvalue weighted by Gasteiger charge is 2.27. The van der Waals surface area contributed by atoms with Crippen molar-refractivity contribution in [3.63, 3.8) is 0 Å². The Kier molecular flexibility index (Phi) is 4.24. The first kappa shape index (κ1) is 13.9. The average molecular weight is 262 g/mol. The van der Waals surface area contributed by atoms with E-state index in [9.17, 15) is 28.1 Å². The van der Waals surface area contributed by atoms with E-state index >= 15 is 0 Å². The molecule has 8 heteroatoms. The van der Waals surface area contributed by atoms with Crippen LogP contribution in [0.4, 0.5) is 24.5 Å². The number of nitrogens with one attached hydrogen (secondary N) is 1. The standard InChI is InChI=1S/C10H9F3N2O3/c11-10(12,13)6-5-9(16)14-7-1-3-8(4-2-7)15(17)18/h1-4H,5-6H2,(H,14,16). The molecule has 0 aromatic heterocycles. The van der Waals surface area contributed by atoms with E-state index in [-0.39, 0.29) is 11.4 Å². The third kappa shape index (κ3) is 4.81. The van der Waals surface area contributed by atoms with Gasteiger partial charge in [-0.15, -0.1) is 0 Å². The van der Waals surface area contributed by atoms with E-state index < -0.39 is 29.8 Å². The molecular weight excluding hydrogens is 253 g/mol. The number of carbonyl (C=O) groups excluding carboxylic acids is 1. The number of amides is 1. The van der Waals surface area contributed by atoms with Crippen molar-refractivity contribution in [1.82, 2.24) is 0 Å². The third-order valence-electron chi connectivity index (χ3n) is 2.00. The SMILES string of the molecule is O=C(CCC(F)(F)F)Nc1ccc([N+](=O)[O-])cc1. The van der Waals surface area contributed by atoms with Crippen molar-refractivity contribution in [2.24, 2.45) is 0 Å². The molecule has 0 aliphatic carbocycles. The van der Waals surface area contributed by atoms with Crippen LogP contribution >= 0.6 is 0 Å². The van der Waals surface area contributed by atoms with E-state index in [2.05, 4.69) is 5.32 Å². The quantitative estimate of drug-likeness (QED) is 0.669. The van der Waals surface area contributed by atoms with Crippen LogP contribution in [0.5, 0.6) is 0 Å². The maximum Gasteiger partial charge on any atom is 0.389 e. The molecule has 98 valence electrons. The molecule has 0 saturated heterocycles. The smallest absolute Gasteiger partial charge is 0.326 e. The van der Waals surface area contributed by atoms with E-state index in [0.717, 1.165) is 12.1 Å². The Morgan fingerprint density at radius 2 is 1.83 bits per heavy atom. The zero-order chi connectivity index (χ0) is 13.8. The lowest BCUT2D eigenvalue weighted by Gasteiger charge is -2.07. The number of anilines is 1. The van der Waals surface area contributed by atoms with Gasteiger partial charge in [0.25, 0.3) is 5.69 Å². The summed E-state index contributed by atoms with van der Waals surface area (Å²) in [5, 5.41) is 12.6. The highest BCUT2D eigenvalue weighted by atomic mass is 19.4. The lowest BCUT2D eigenvalue weighted by atomic mass is 10.2. The van der Waals surface area contributed by atoms with Crippen molar-refractivity contribution in [3.8, 4) is 0 Å². The first-order valence-corrected chi connectivity index (χ1v) is 4.89. The zero-order valence-corrected chi connectivity index (χ0v) is 9.03. The normalized spacial score (nSPS) is 11.1. The minimum atomic E-state index is -4.38. The van der Waals surface area contributed by atoms with Gasteiger partial charge in [0, 0.05) is 24.2 Å². The minimum Gasteiger partial charge on any atom is -0.326 e. The second-order valence-corrected chi connectivity index (χ2v) is 3.47. The first-order chi connectivity index (χ1) is 8.28. The number of hydrogen-bond donors (Lipinski definition) is 1. The van der Waals surface area contributed by atoms with Crippen LogP contribution in [0.1, 0.15) is 12.8 Å². The first-order valence-electron chi connectivity index (χ1n) is 4.89. The molecule has 5 nitrogen and oxygen atoms in total. The van der Waals surface area contributed by atoms with Gasteiger partial charge in [-0.3, -0.25) is 14.9 Å². The van der Waals surface area contributed by atoms with Crippen LogP contribution in [-0.2, 0) is 4.79 Å². The number of halogens is 3. The maximum absolute atomic E-state index is 11.8. The van der Waals surface area contributed by atoms with Gasteiger partial charge >= 0.3 is 6.18 Å². The number of nitrogens with zero attached hydrogens (tertiary/aromatic N) is 1. The van der Waals surface area contributed by atoms with Gasteiger partial charge in [0.2, 0.25) is 5.91 Å². The van der Waals surface area contributed by atoms with Gasteiger partial charge in [-0.1, -0.05) is 0 Å². The fraction of sp³-hybridized carbons (Fsp3) is 0.300. The largest absolute Gasteiger partial charge is 0.389 e. The van der Waals surface area contributed by atoms with Gasteiger partial charge in [0.15, 0.2) is 0 Å². The number of nitro groups is 1. The van der Waals surface area contributed by atoms with Gasteiger partial charge in [-0.05, 0) is 12.1 Å². The van der Waals surface area contributed by atoms with Crippen LogP contribution in [0.25, 0.3) is 0 Å². The molecule has 0 saturated carbocycles. The molecule has 1 rings (SSSR count). The molecule has 0 radical (unpaired) electrons. The number of alkyl halides is 3. The molecule has 1 aromatic rings. The summed E-state index contributed by atoms with van der Waals surface area (Å²) in [5.74, 6) is -0.791. The summed E-state index contributed by atoms with van der Waals surface area (Å²) in [7, 11) is 0. The van der Waals surface area contributed by atoms with Gasteiger partial charge in [-0.25, -0.2) is 0 Å². The van der Waals surface area contributed by atoms with Gasteiger partial charge in [-0.2, -0.15) is 13.2 Å². The summed E-state index contributed by atoms with van der Waals surface area (Å²) in [6, 6.07) is 4.81. The Bertz CT molecular complexity index is 443. The van der Waals surface area contributed by atoms with Crippen molar-refractivity contribution in [3.05, 3.63) is 34.4 Å². The highest BCUT2D eigenvalue weighted by molar-refractivity contribution is 5.90. The van der Waals surface area contributed by atoms with Crippen molar-refractivity contribution in [1.29, 1.82) is 0 Å². The van der Waals surface area contributed by atoms with E-state index in [1.54, 1.807) is 0 Å². The van der Waals surface area contributed by atoms with Crippen LogP contribution in [0.2, 0.25) is 0 Å². The molecule has 0 aliphatic heterocycles. The van der Waals surface area contributed by atoms with Gasteiger partial charge in [0.1, 0.15) is 0 Å². The monoisotopic (exact) mass is 262 g/mol. The predicted molar refractivity (Wildman–Crippen MR) is 57.0 cm³/mol. The lowest BCUT2D eigenvalue weighted by molar-refractivity contribution is -0.384. The van der Waals surface area contributed by atoms with Crippen molar-refractivity contribution < 1.29 is 22.9 Å². The Hall–Kier alpha value is -2.12. The summed E-state index contributed by atoms with van der Waals surface area (Å²) in [5.41, 5.74) is 0.0519. The molecule has 1 amide bonds. The second-order valence-electron chi connectivity index (χ2n) is 3.47. The number of non-ortho nitro benzene ring substituents is 1. The molecule has 0 unspecified atom stereocenters. The highest BCUT2D eigenvalue weighted by Crippen LogP contribution is 2.22. The number of nitro benzene ring substituents is 1. The number of hydrogen-bond acceptors (Lipinski definition) is 3. The Labute approximate surface area is 99.8 Å². The molecule has 0 spiro atoms. The molecule has 0 heterocycles. The van der Waals surface area contributed by atoms with E-state index in [1.165, 1.54) is 12.1 Å². The second kappa shape index (κ2) is 5.48. The van der Waals surface area contributed by atoms with E-state index in [1.807, 2.05) is 0 Å². The summed E-state index contributed by atoms with van der Waals surface area (Å²) in [4.78, 5) is 20.9. The molecule has 0 atom stereocenters. The minimum absolute atomic E-state index is 0.164. The fourth-order valence-electron chi connectivity index (χ4n) is 1.15. The lowest BCUT2D eigenvalue weighted by Crippen LogP contribution is -2.16. The molecule has 1 aromatic carbocycles. The molecule has 0 fully saturated rings. The molecule has 1 N–H and O–H groups in total. The van der Waals surface area contributed by atoms with Crippen molar-refractivity contribution >= 4 is 17.3 Å². The summed E-state index contributed by atoms with van der Waals surface area (Å²) in [6.07, 6.45) is -6.26. The van der Waals surface area contributed by atoms with Crippen LogP contribution < -0.4 is 5.32 Å². The topological polar surface area (TPSA) is 72.2 Å². The molecule has 18 heavy (non-hydrogen) atoms. The van der Waals surface area contributed by atoms with Gasteiger partial charge < -0.3 is 5.32 Å². The maximum atomic E-state index is 11.8. The fourth-order valence-corrected chi connectivity index (χ4v) is 1.15. The average Bonchev–Trinajstić information content (AvgIpc) is 2.26. The Balaban J connectivity index is 2.52. The number of benzene rings is 1. The Morgan fingerprint density at radius 3 is 2.28 bits per heavy atom. The Morgan fingerprint density at radius 1 is 1.28 bits per heavy atom. The predicted octanol–water partition coefficient (Wildman–Crippen LogP) is 2.88. The summed E-state index contributed by atoms with van der Waals surface area (Å²) in [6.45, 7) is 0. The van der Waals surface area contributed by atoms with E-state index in [0.29, 0.717) is 0 Å². The van der Waals surface area contributed by atoms with Crippen molar-refractivity contribution in [2.45, 2.75) is 19.0 Å². The van der Waals surface area contributed by atoms with Crippen LogP contribution in [0.3, 0.4) is 0 Å². The van der Waals surface area contributed by atoms with Crippen LogP contribution in [-0.4, -0.2) is 17.0 Å². The van der Waals surface area contributed by atoms with Crippen LogP contribution in [0.15, 0.2) is 24.3 Å². The summed E-state index contributed by atoms with van der Waals surface area (Å²) < 4.78 is 35.5. The van der Waals surface area contributed by atoms with Crippen molar-refractivity contribution in [2.75, 3.05) is 5.32 Å². The molecule has 0 bridgehead atoms. The zero-order valence-electron chi connectivity index (χ0n) is 9.03. The summed E-state index contributed by atoms with van der Waals surface area (Å²) >= 11 is 0. The van der Waals surface area contributed by atoms with Gasteiger partial charge in [0.05, 0.1) is 11.3 Å². The number of carbonyl (C=O) groups is 1. The molecular formula is C10H9F3N2O3. The van der Waals surface area contributed by atoms with E-state index in [4.69, 9.17) is 0 Å². The number of rotatable bonds is 4. The van der Waals surface area contributed by atoms with Crippen LogP contribution in [0, 0.1) is 10.1 Å². The molecule has 0 aliphatic rings.